The van der Waals surface area contributed by atoms with E-state index in [4.69, 9.17) is 4.74 Å². The average molecular weight is 365 g/mol. The van der Waals surface area contributed by atoms with Gasteiger partial charge in [0.15, 0.2) is 0 Å². The maximum absolute atomic E-state index is 5.53. The first-order valence-corrected chi connectivity index (χ1v) is 10.5. The second-order valence-corrected chi connectivity index (χ2v) is 7.99. The molecule has 2 aromatic carbocycles. The molecule has 0 atom stereocenters. The van der Waals surface area contributed by atoms with E-state index in [0.29, 0.717) is 6.04 Å². The summed E-state index contributed by atoms with van der Waals surface area (Å²) in [6.45, 7) is 6.15. The van der Waals surface area contributed by atoms with Crippen molar-refractivity contribution in [3.8, 4) is 0 Å². The van der Waals surface area contributed by atoms with Crippen molar-refractivity contribution in [1.82, 2.24) is 9.80 Å². The van der Waals surface area contributed by atoms with Crippen LogP contribution in [0, 0.1) is 0 Å². The van der Waals surface area contributed by atoms with Crippen LogP contribution in [0.25, 0.3) is 0 Å². The highest BCUT2D eigenvalue weighted by Gasteiger charge is 2.29. The lowest BCUT2D eigenvalue weighted by Gasteiger charge is -2.42. The fourth-order valence-electron chi connectivity index (χ4n) is 4.68. The van der Waals surface area contributed by atoms with Gasteiger partial charge >= 0.3 is 0 Å². The maximum Gasteiger partial charge on any atom is 0.0594 e. The number of morpholine rings is 1. The van der Waals surface area contributed by atoms with Gasteiger partial charge in [-0.1, -0.05) is 60.7 Å². The van der Waals surface area contributed by atoms with Crippen LogP contribution in [0.2, 0.25) is 0 Å². The summed E-state index contributed by atoms with van der Waals surface area (Å²) in [5.74, 6) is 0. The van der Waals surface area contributed by atoms with Crippen molar-refractivity contribution in [1.29, 1.82) is 0 Å². The van der Waals surface area contributed by atoms with Crippen LogP contribution in [-0.2, 0) is 17.8 Å². The van der Waals surface area contributed by atoms with Crippen molar-refractivity contribution < 1.29 is 4.74 Å². The van der Waals surface area contributed by atoms with Gasteiger partial charge in [0.2, 0.25) is 0 Å². The van der Waals surface area contributed by atoms with Gasteiger partial charge in [-0.15, -0.1) is 0 Å². The average Bonchev–Trinajstić information content (AvgIpc) is 2.76. The quantitative estimate of drug-likeness (QED) is 0.759. The Hall–Kier alpha value is -1.68. The largest absolute Gasteiger partial charge is 0.379 e. The first-order chi connectivity index (χ1) is 13.4. The van der Waals surface area contributed by atoms with Crippen LogP contribution in [0.5, 0.6) is 0 Å². The van der Waals surface area contributed by atoms with E-state index in [9.17, 15) is 0 Å². The zero-order valence-electron chi connectivity index (χ0n) is 16.3. The summed E-state index contributed by atoms with van der Waals surface area (Å²) in [5.41, 5.74) is 2.84. The molecule has 1 saturated carbocycles. The van der Waals surface area contributed by atoms with Gasteiger partial charge in [0.05, 0.1) is 13.2 Å². The molecular weight excluding hydrogens is 332 g/mol. The number of benzene rings is 2. The number of nitrogens with zero attached hydrogens (tertiary/aromatic N) is 2. The Labute approximate surface area is 163 Å². The van der Waals surface area contributed by atoms with Gasteiger partial charge in [-0.25, -0.2) is 0 Å². The van der Waals surface area contributed by atoms with E-state index in [1.165, 1.54) is 36.8 Å². The molecule has 0 N–H and O–H groups in total. The third-order valence-electron chi connectivity index (χ3n) is 6.20. The molecule has 0 bridgehead atoms. The summed E-state index contributed by atoms with van der Waals surface area (Å²) in [5, 5.41) is 0. The van der Waals surface area contributed by atoms with Crippen LogP contribution in [0.15, 0.2) is 60.7 Å². The number of hydrogen-bond acceptors (Lipinski definition) is 3. The number of ether oxygens (including phenoxy) is 1. The van der Waals surface area contributed by atoms with Gasteiger partial charge in [0, 0.05) is 38.3 Å². The van der Waals surface area contributed by atoms with E-state index in [0.717, 1.165) is 45.4 Å². The fraction of sp³-hybridized carbons (Fsp3) is 0.500. The lowest BCUT2D eigenvalue weighted by molar-refractivity contribution is -0.000304. The molecule has 1 heterocycles. The van der Waals surface area contributed by atoms with E-state index < -0.39 is 0 Å². The smallest absolute Gasteiger partial charge is 0.0594 e. The van der Waals surface area contributed by atoms with Crippen LogP contribution < -0.4 is 0 Å². The molecule has 1 aliphatic carbocycles. The third-order valence-corrected chi connectivity index (χ3v) is 6.20. The molecule has 3 nitrogen and oxygen atoms in total. The lowest BCUT2D eigenvalue weighted by Crippen LogP contribution is -2.47. The molecule has 144 valence electrons. The highest BCUT2D eigenvalue weighted by atomic mass is 16.5. The minimum Gasteiger partial charge on any atom is -0.379 e. The number of hydrogen-bond donors (Lipinski definition) is 0. The standard InChI is InChI=1S/C24H32N2O/c1-3-7-21(8-4-1)19-26(20-22-9-5-2-6-10-22)24-13-11-23(12-14-24)25-15-17-27-18-16-25/h1-10,23-24H,11-20H2/t23-,24-. The summed E-state index contributed by atoms with van der Waals surface area (Å²) >= 11 is 0. The predicted octanol–water partition coefficient (Wildman–Crippen LogP) is 4.33. The Morgan fingerprint density at radius 2 is 1.26 bits per heavy atom. The third kappa shape index (κ3) is 5.19. The van der Waals surface area contributed by atoms with Crippen LogP contribution in [0.3, 0.4) is 0 Å². The van der Waals surface area contributed by atoms with Crippen LogP contribution >= 0.6 is 0 Å². The van der Waals surface area contributed by atoms with Gasteiger partial charge < -0.3 is 4.74 Å². The Morgan fingerprint density at radius 1 is 0.741 bits per heavy atom. The minimum atomic E-state index is 0.683. The molecule has 1 aliphatic heterocycles. The summed E-state index contributed by atoms with van der Waals surface area (Å²) in [7, 11) is 0. The van der Waals surface area contributed by atoms with Gasteiger partial charge in [-0.05, 0) is 36.8 Å². The van der Waals surface area contributed by atoms with E-state index in [1.807, 2.05) is 0 Å². The molecule has 4 rings (SSSR count). The van der Waals surface area contributed by atoms with Crippen LogP contribution in [-0.4, -0.2) is 48.2 Å². The SMILES string of the molecule is c1ccc(CN(Cc2ccccc2)[C@H]2CC[C@H](N3CCOCC3)CC2)cc1. The van der Waals surface area contributed by atoms with Gasteiger partial charge in [0.25, 0.3) is 0 Å². The molecule has 27 heavy (non-hydrogen) atoms. The Kier molecular flexibility index (Phi) is 6.57. The monoisotopic (exact) mass is 364 g/mol. The molecule has 0 radical (unpaired) electrons. The highest BCUT2D eigenvalue weighted by molar-refractivity contribution is 5.17. The van der Waals surface area contributed by atoms with Crippen molar-refractivity contribution in [2.24, 2.45) is 0 Å². The first kappa shape index (κ1) is 18.7. The Bertz CT molecular complexity index is 620. The zero-order chi connectivity index (χ0) is 18.3. The van der Waals surface area contributed by atoms with E-state index in [-0.39, 0.29) is 0 Å². The molecule has 2 fully saturated rings. The summed E-state index contributed by atoms with van der Waals surface area (Å²) in [4.78, 5) is 5.37. The van der Waals surface area contributed by atoms with Crippen LogP contribution in [0.1, 0.15) is 36.8 Å². The predicted molar refractivity (Wildman–Crippen MR) is 111 cm³/mol. The van der Waals surface area contributed by atoms with Gasteiger partial charge in [-0.3, -0.25) is 9.80 Å². The maximum atomic E-state index is 5.53. The first-order valence-electron chi connectivity index (χ1n) is 10.5. The van der Waals surface area contributed by atoms with Crippen molar-refractivity contribution in [2.45, 2.75) is 50.9 Å². The second kappa shape index (κ2) is 9.50. The highest BCUT2D eigenvalue weighted by Crippen LogP contribution is 2.29. The molecule has 1 saturated heterocycles. The normalized spacial score (nSPS) is 24.2. The molecule has 2 aliphatic rings. The minimum absolute atomic E-state index is 0.683. The molecular formula is C24H32N2O. The lowest BCUT2D eigenvalue weighted by atomic mass is 9.88. The fourth-order valence-corrected chi connectivity index (χ4v) is 4.68. The molecule has 0 spiro atoms. The molecule has 3 heteroatoms. The summed E-state index contributed by atoms with van der Waals surface area (Å²) < 4.78 is 5.53. The van der Waals surface area contributed by atoms with E-state index in [1.54, 1.807) is 0 Å². The van der Waals surface area contributed by atoms with Gasteiger partial charge in [0.1, 0.15) is 0 Å². The topological polar surface area (TPSA) is 15.7 Å². The Balaban J connectivity index is 1.40. The molecule has 2 aromatic rings. The molecule has 0 unspecified atom stereocenters. The van der Waals surface area contributed by atoms with Crippen molar-refractivity contribution in [3.05, 3.63) is 71.8 Å². The van der Waals surface area contributed by atoms with Crippen molar-refractivity contribution in [3.63, 3.8) is 0 Å². The Morgan fingerprint density at radius 3 is 1.78 bits per heavy atom. The zero-order valence-corrected chi connectivity index (χ0v) is 16.3. The van der Waals surface area contributed by atoms with Crippen LogP contribution in [0.4, 0.5) is 0 Å². The second-order valence-electron chi connectivity index (χ2n) is 7.99. The number of rotatable bonds is 6. The van der Waals surface area contributed by atoms with Gasteiger partial charge in [-0.2, -0.15) is 0 Å². The molecule has 0 amide bonds. The van der Waals surface area contributed by atoms with Crippen molar-refractivity contribution in [2.75, 3.05) is 26.3 Å². The van der Waals surface area contributed by atoms with E-state index in [2.05, 4.69) is 70.5 Å². The molecule has 0 aromatic heterocycles. The summed E-state index contributed by atoms with van der Waals surface area (Å²) in [6, 6.07) is 23.3. The van der Waals surface area contributed by atoms with E-state index >= 15 is 0 Å². The van der Waals surface area contributed by atoms with Crippen molar-refractivity contribution >= 4 is 0 Å². The summed E-state index contributed by atoms with van der Waals surface area (Å²) in [6.07, 6.45) is 5.26.